The molecule has 0 bridgehead atoms. The van der Waals surface area contributed by atoms with Gasteiger partial charge in [-0.25, -0.2) is 0 Å². The molecule has 0 aromatic heterocycles. The van der Waals surface area contributed by atoms with Gasteiger partial charge in [-0.15, -0.1) is 0 Å². The number of hydrogen-bond acceptors (Lipinski definition) is 7. The number of rotatable bonds is 18. The summed E-state index contributed by atoms with van der Waals surface area (Å²) in [6.45, 7) is 24.4. The van der Waals surface area contributed by atoms with Gasteiger partial charge in [0.2, 0.25) is 0 Å². The maximum Gasteiger partial charge on any atom is 0.172 e. The Hall–Kier alpha value is 0.200. The average Bonchev–Trinajstić information content (AvgIpc) is 2.83. The Bertz CT molecular complexity index is 297. The first kappa shape index (κ1) is 37.7. The Morgan fingerprint density at radius 3 is 1.12 bits per heavy atom. The summed E-state index contributed by atoms with van der Waals surface area (Å²) >= 11 is 3.50. The van der Waals surface area contributed by atoms with Gasteiger partial charge in [0.15, 0.2) is 18.9 Å². The van der Waals surface area contributed by atoms with E-state index >= 15 is 0 Å². The van der Waals surface area contributed by atoms with Crippen molar-refractivity contribution < 1.29 is 28.4 Å². The zero-order chi connectivity index (χ0) is 26.1. The Morgan fingerprint density at radius 1 is 0.515 bits per heavy atom. The molecule has 0 fully saturated rings. The minimum atomic E-state index is -0.227. The van der Waals surface area contributed by atoms with Crippen LogP contribution in [0.25, 0.3) is 0 Å². The first-order valence-electron chi connectivity index (χ1n) is 12.9. The minimum Gasteiger partial charge on any atom is -0.353 e. The summed E-state index contributed by atoms with van der Waals surface area (Å²) in [6, 6.07) is -0.00472. The maximum absolute atomic E-state index is 5.74. The van der Waals surface area contributed by atoms with Crippen molar-refractivity contribution >= 4 is 15.9 Å². The quantitative estimate of drug-likeness (QED) is 0.164. The SMILES string of the molecule is CCOC(OCC)C(Br)CC.CCOC(OCC)C(C)CC.CCOC(OCC)C(N)CC. The maximum atomic E-state index is 5.74. The van der Waals surface area contributed by atoms with E-state index in [1.807, 2.05) is 48.5 Å². The van der Waals surface area contributed by atoms with Crippen LogP contribution in [0.2, 0.25) is 0 Å². The third kappa shape index (κ3) is 22.4. The van der Waals surface area contributed by atoms with Crippen LogP contribution in [0.15, 0.2) is 0 Å². The summed E-state index contributed by atoms with van der Waals surface area (Å²) in [5.41, 5.74) is 5.74. The third-order valence-electron chi connectivity index (χ3n) is 4.60. The molecule has 0 rings (SSSR count). The third-order valence-corrected chi connectivity index (χ3v) is 5.68. The lowest BCUT2D eigenvalue weighted by molar-refractivity contribution is -0.163. The van der Waals surface area contributed by atoms with Crippen LogP contribution in [0.3, 0.4) is 0 Å². The molecule has 0 aliphatic heterocycles. The van der Waals surface area contributed by atoms with Gasteiger partial charge in [0.05, 0.1) is 10.9 Å². The number of hydrogen-bond donors (Lipinski definition) is 1. The van der Waals surface area contributed by atoms with Crippen LogP contribution in [0.5, 0.6) is 0 Å². The lowest BCUT2D eigenvalue weighted by Crippen LogP contribution is -2.38. The molecular formula is C25H56BrNO6. The van der Waals surface area contributed by atoms with Crippen molar-refractivity contribution in [2.75, 3.05) is 39.6 Å². The van der Waals surface area contributed by atoms with Gasteiger partial charge in [0, 0.05) is 45.6 Å². The van der Waals surface area contributed by atoms with Crippen molar-refractivity contribution in [3.05, 3.63) is 0 Å². The van der Waals surface area contributed by atoms with Gasteiger partial charge in [0.1, 0.15) is 0 Å². The number of ether oxygens (including phenoxy) is 6. The molecule has 3 atom stereocenters. The van der Waals surface area contributed by atoms with E-state index in [4.69, 9.17) is 34.2 Å². The van der Waals surface area contributed by atoms with Crippen molar-refractivity contribution in [2.24, 2.45) is 11.7 Å². The molecule has 0 saturated carbocycles. The normalized spacial score (nSPS) is 13.9. The van der Waals surface area contributed by atoms with Crippen LogP contribution in [-0.4, -0.2) is 69.4 Å². The summed E-state index contributed by atoms with van der Waals surface area (Å²) in [5, 5.41) is 0. The number of halogens is 1. The Balaban J connectivity index is -0.000000409. The van der Waals surface area contributed by atoms with E-state index in [-0.39, 0.29) is 24.9 Å². The highest BCUT2D eigenvalue weighted by Gasteiger charge is 2.17. The summed E-state index contributed by atoms with van der Waals surface area (Å²) in [4.78, 5) is 0.308. The van der Waals surface area contributed by atoms with Gasteiger partial charge < -0.3 is 34.2 Å². The predicted molar refractivity (Wildman–Crippen MR) is 142 cm³/mol. The smallest absolute Gasteiger partial charge is 0.172 e. The summed E-state index contributed by atoms with van der Waals surface area (Å²) in [6.07, 6.45) is 2.68. The molecule has 0 aromatic rings. The van der Waals surface area contributed by atoms with Crippen molar-refractivity contribution in [1.82, 2.24) is 0 Å². The molecule has 0 spiro atoms. The highest BCUT2D eigenvalue weighted by Crippen LogP contribution is 2.14. The number of alkyl halides is 1. The van der Waals surface area contributed by atoms with Crippen molar-refractivity contribution in [2.45, 2.75) is 118 Å². The lowest BCUT2D eigenvalue weighted by Gasteiger charge is -2.22. The van der Waals surface area contributed by atoms with E-state index in [9.17, 15) is 0 Å². The predicted octanol–water partition coefficient (Wildman–Crippen LogP) is 6.11. The highest BCUT2D eigenvalue weighted by molar-refractivity contribution is 9.09. The van der Waals surface area contributed by atoms with Crippen molar-refractivity contribution in [3.63, 3.8) is 0 Å². The molecule has 0 aliphatic carbocycles. The van der Waals surface area contributed by atoms with Gasteiger partial charge in [-0.2, -0.15) is 0 Å². The molecule has 0 amide bonds. The van der Waals surface area contributed by atoms with E-state index in [2.05, 4.69) is 36.7 Å². The lowest BCUT2D eigenvalue weighted by atomic mass is 10.1. The molecule has 33 heavy (non-hydrogen) atoms. The molecule has 3 unspecified atom stereocenters. The molecule has 0 aliphatic rings. The molecular weight excluding hydrogens is 490 g/mol. The topological polar surface area (TPSA) is 81.4 Å². The highest BCUT2D eigenvalue weighted by atomic mass is 79.9. The van der Waals surface area contributed by atoms with Gasteiger partial charge in [0.25, 0.3) is 0 Å². The zero-order valence-electron chi connectivity index (χ0n) is 23.2. The summed E-state index contributed by atoms with van der Waals surface area (Å²) < 4.78 is 32.1. The van der Waals surface area contributed by atoms with E-state index in [1.54, 1.807) is 0 Å². The number of nitrogens with two attached hydrogens (primary N) is 1. The molecule has 0 saturated heterocycles. The summed E-state index contributed by atoms with van der Waals surface area (Å²) in [7, 11) is 0. The molecule has 0 aromatic carbocycles. The molecule has 2 N–H and O–H groups in total. The van der Waals surface area contributed by atoms with Gasteiger partial charge in [-0.1, -0.05) is 43.6 Å². The van der Waals surface area contributed by atoms with E-state index < -0.39 is 0 Å². The zero-order valence-corrected chi connectivity index (χ0v) is 24.8. The Kier molecular flexibility index (Phi) is 32.5. The first-order chi connectivity index (χ1) is 15.8. The van der Waals surface area contributed by atoms with Gasteiger partial charge in [-0.05, 0) is 60.8 Å². The molecule has 204 valence electrons. The fourth-order valence-electron chi connectivity index (χ4n) is 2.49. The molecule has 8 heteroatoms. The molecule has 0 heterocycles. The average molecular weight is 547 g/mol. The standard InChI is InChI=1S/C9H20O2.C8H17BrO2.C8H19NO2/c1-5-8(4)9(10-6-2)11-7-3;2*1-4-7(9)8(10-5-2)11-6-3/h8-9H,5-7H2,1-4H3;7-8H,4-6H2,1-3H3;7-8H,4-6,9H2,1-3H3. The summed E-state index contributed by atoms with van der Waals surface area (Å²) in [5.74, 6) is 0.495. The molecule has 7 nitrogen and oxygen atoms in total. The van der Waals surface area contributed by atoms with Crippen LogP contribution >= 0.6 is 15.9 Å². The van der Waals surface area contributed by atoms with E-state index in [1.165, 1.54) is 0 Å². The van der Waals surface area contributed by atoms with Crippen LogP contribution in [-0.2, 0) is 28.4 Å². The monoisotopic (exact) mass is 545 g/mol. The van der Waals surface area contributed by atoms with Crippen molar-refractivity contribution in [1.29, 1.82) is 0 Å². The fourth-order valence-corrected chi connectivity index (χ4v) is 2.80. The second-order valence-electron chi connectivity index (χ2n) is 7.22. The first-order valence-corrected chi connectivity index (χ1v) is 13.8. The van der Waals surface area contributed by atoms with Crippen LogP contribution in [0.4, 0.5) is 0 Å². The van der Waals surface area contributed by atoms with Crippen LogP contribution in [0, 0.1) is 5.92 Å². The van der Waals surface area contributed by atoms with Gasteiger partial charge >= 0.3 is 0 Å². The van der Waals surface area contributed by atoms with Crippen LogP contribution in [0.1, 0.15) is 88.5 Å². The Morgan fingerprint density at radius 2 is 0.848 bits per heavy atom. The minimum absolute atomic E-state index is 0.00463. The second-order valence-corrected chi connectivity index (χ2v) is 8.40. The largest absolute Gasteiger partial charge is 0.353 e. The van der Waals surface area contributed by atoms with Crippen LogP contribution < -0.4 is 5.73 Å². The van der Waals surface area contributed by atoms with Gasteiger partial charge in [-0.3, -0.25) is 0 Å². The van der Waals surface area contributed by atoms with Crippen molar-refractivity contribution in [3.8, 4) is 0 Å². The van der Waals surface area contributed by atoms with E-state index in [0.717, 1.165) is 32.5 Å². The fraction of sp³-hybridized carbons (Fsp3) is 1.00. The Labute approximate surface area is 213 Å². The molecule has 0 radical (unpaired) electrons. The van der Waals surface area contributed by atoms with E-state index in [0.29, 0.717) is 37.2 Å². The second kappa shape index (κ2) is 28.4.